The first-order valence-electron chi connectivity index (χ1n) is 6.86. The summed E-state index contributed by atoms with van der Waals surface area (Å²) in [5.74, 6) is 0.510. The zero-order valence-corrected chi connectivity index (χ0v) is 10.6. The lowest BCUT2D eigenvalue weighted by atomic mass is 9.61. The van der Waals surface area contributed by atoms with Crippen molar-refractivity contribution in [2.45, 2.75) is 57.3 Å². The predicted molar refractivity (Wildman–Crippen MR) is 69.3 cm³/mol. The Morgan fingerprint density at radius 3 is 2.59 bits per heavy atom. The fraction of sp³-hybridized carbons (Fsp3) is 0.562. The van der Waals surface area contributed by atoms with E-state index in [-0.39, 0.29) is 5.41 Å². The molecular formula is C16H20O. The summed E-state index contributed by atoms with van der Waals surface area (Å²) >= 11 is 0. The maximum absolute atomic E-state index is 12.4. The molecule has 0 atom stereocenters. The highest BCUT2D eigenvalue weighted by atomic mass is 16.1. The molecule has 1 heteroatoms. The van der Waals surface area contributed by atoms with E-state index in [2.05, 4.69) is 25.1 Å². The molecular weight excluding hydrogens is 208 g/mol. The third kappa shape index (κ3) is 1.64. The summed E-state index contributed by atoms with van der Waals surface area (Å²) in [5.41, 5.74) is 3.99. The lowest BCUT2D eigenvalue weighted by Gasteiger charge is -2.40. The second-order valence-corrected chi connectivity index (χ2v) is 5.73. The second-order valence-electron chi connectivity index (χ2n) is 5.73. The Morgan fingerprint density at radius 2 is 1.82 bits per heavy atom. The minimum atomic E-state index is -0.0994. The van der Waals surface area contributed by atoms with Crippen molar-refractivity contribution in [1.82, 2.24) is 0 Å². The number of aryl methyl sites for hydroxylation is 2. The molecule has 1 fully saturated rings. The van der Waals surface area contributed by atoms with Gasteiger partial charge in [-0.1, -0.05) is 43.0 Å². The standard InChI is InChI=1S/C16H20O/c1-12-5-6-13-7-8-15(17)16(14(13)11-12)9-3-2-4-10-16/h5-6,11H,2-4,7-10H2,1H3. The zero-order valence-electron chi connectivity index (χ0n) is 10.6. The molecule has 0 radical (unpaired) electrons. The Morgan fingerprint density at radius 1 is 1.06 bits per heavy atom. The first-order chi connectivity index (χ1) is 8.22. The maximum atomic E-state index is 12.4. The van der Waals surface area contributed by atoms with Gasteiger partial charge in [-0.25, -0.2) is 0 Å². The van der Waals surface area contributed by atoms with Gasteiger partial charge in [0.15, 0.2) is 0 Å². The molecule has 0 bridgehead atoms. The molecule has 1 spiro atoms. The van der Waals surface area contributed by atoms with E-state index in [1.165, 1.54) is 36.0 Å². The number of carbonyl (C=O) groups excluding carboxylic acids is 1. The van der Waals surface area contributed by atoms with Crippen LogP contribution < -0.4 is 0 Å². The van der Waals surface area contributed by atoms with Crippen LogP contribution in [0.15, 0.2) is 18.2 Å². The average Bonchev–Trinajstić information content (AvgIpc) is 2.36. The van der Waals surface area contributed by atoms with Crippen molar-refractivity contribution in [3.05, 3.63) is 34.9 Å². The topological polar surface area (TPSA) is 17.1 Å². The summed E-state index contributed by atoms with van der Waals surface area (Å²) in [6.45, 7) is 2.13. The van der Waals surface area contributed by atoms with Gasteiger partial charge in [0.05, 0.1) is 5.41 Å². The number of hydrogen-bond donors (Lipinski definition) is 0. The van der Waals surface area contributed by atoms with Gasteiger partial charge in [0, 0.05) is 6.42 Å². The summed E-state index contributed by atoms with van der Waals surface area (Å²) in [5, 5.41) is 0. The summed E-state index contributed by atoms with van der Waals surface area (Å²) < 4.78 is 0. The van der Waals surface area contributed by atoms with E-state index in [0.717, 1.165) is 25.7 Å². The first-order valence-corrected chi connectivity index (χ1v) is 6.86. The van der Waals surface area contributed by atoms with Gasteiger partial charge in [-0.3, -0.25) is 4.79 Å². The number of Topliss-reactive ketones (excluding diaryl/α,β-unsaturated/α-hetero) is 1. The van der Waals surface area contributed by atoms with Gasteiger partial charge in [0.2, 0.25) is 0 Å². The Balaban J connectivity index is 2.14. The molecule has 0 saturated heterocycles. The minimum absolute atomic E-state index is 0.0994. The van der Waals surface area contributed by atoms with Crippen molar-refractivity contribution < 1.29 is 4.79 Å². The van der Waals surface area contributed by atoms with Crippen molar-refractivity contribution in [3.63, 3.8) is 0 Å². The lowest BCUT2D eigenvalue weighted by Crippen LogP contribution is -2.41. The van der Waals surface area contributed by atoms with Crippen molar-refractivity contribution >= 4 is 5.78 Å². The van der Waals surface area contributed by atoms with E-state index >= 15 is 0 Å². The van der Waals surface area contributed by atoms with Crippen LogP contribution in [-0.4, -0.2) is 5.78 Å². The molecule has 1 aromatic rings. The van der Waals surface area contributed by atoms with Gasteiger partial charge in [-0.05, 0) is 37.3 Å². The Labute approximate surface area is 103 Å². The van der Waals surface area contributed by atoms with Gasteiger partial charge in [-0.15, -0.1) is 0 Å². The molecule has 2 aliphatic carbocycles. The monoisotopic (exact) mass is 228 g/mol. The molecule has 17 heavy (non-hydrogen) atoms. The number of fused-ring (bicyclic) bond motifs is 2. The average molecular weight is 228 g/mol. The molecule has 0 aromatic heterocycles. The molecule has 1 saturated carbocycles. The SMILES string of the molecule is Cc1ccc2c(c1)C1(CCCCC1)C(=O)CC2. The molecule has 0 unspecified atom stereocenters. The Kier molecular flexibility index (Phi) is 2.57. The summed E-state index contributed by atoms with van der Waals surface area (Å²) in [7, 11) is 0. The normalized spacial score (nSPS) is 22.5. The van der Waals surface area contributed by atoms with Crippen LogP contribution in [0, 0.1) is 6.92 Å². The van der Waals surface area contributed by atoms with Crippen LogP contribution in [0.4, 0.5) is 0 Å². The van der Waals surface area contributed by atoms with E-state index in [1.54, 1.807) is 0 Å². The van der Waals surface area contributed by atoms with Gasteiger partial charge in [-0.2, -0.15) is 0 Å². The van der Waals surface area contributed by atoms with Gasteiger partial charge >= 0.3 is 0 Å². The second kappa shape index (κ2) is 3.97. The molecule has 90 valence electrons. The molecule has 0 heterocycles. The third-order valence-electron chi connectivity index (χ3n) is 4.64. The number of hydrogen-bond acceptors (Lipinski definition) is 1. The Hall–Kier alpha value is -1.11. The number of rotatable bonds is 0. The molecule has 0 aliphatic heterocycles. The first kappa shape index (κ1) is 11.0. The molecule has 0 amide bonds. The van der Waals surface area contributed by atoms with E-state index < -0.39 is 0 Å². The van der Waals surface area contributed by atoms with Crippen LogP contribution in [0.2, 0.25) is 0 Å². The van der Waals surface area contributed by atoms with Crippen molar-refractivity contribution in [1.29, 1.82) is 0 Å². The van der Waals surface area contributed by atoms with Crippen LogP contribution in [0.25, 0.3) is 0 Å². The van der Waals surface area contributed by atoms with Crippen molar-refractivity contribution in [2.75, 3.05) is 0 Å². The molecule has 1 nitrogen and oxygen atoms in total. The van der Waals surface area contributed by atoms with Crippen LogP contribution >= 0.6 is 0 Å². The Bertz CT molecular complexity index is 453. The fourth-order valence-corrected chi connectivity index (χ4v) is 3.69. The van der Waals surface area contributed by atoms with E-state index in [9.17, 15) is 4.79 Å². The number of ketones is 1. The molecule has 1 aromatic carbocycles. The highest BCUT2D eigenvalue weighted by Gasteiger charge is 2.43. The van der Waals surface area contributed by atoms with E-state index in [1.807, 2.05) is 0 Å². The van der Waals surface area contributed by atoms with Crippen molar-refractivity contribution in [3.8, 4) is 0 Å². The van der Waals surface area contributed by atoms with Gasteiger partial charge < -0.3 is 0 Å². The molecule has 2 aliphatic rings. The summed E-state index contributed by atoms with van der Waals surface area (Å²) in [6.07, 6.45) is 7.63. The summed E-state index contributed by atoms with van der Waals surface area (Å²) in [4.78, 5) is 12.4. The maximum Gasteiger partial charge on any atom is 0.143 e. The van der Waals surface area contributed by atoms with Crippen LogP contribution in [-0.2, 0) is 16.6 Å². The highest BCUT2D eigenvalue weighted by molar-refractivity contribution is 5.92. The lowest BCUT2D eigenvalue weighted by molar-refractivity contribution is -0.126. The van der Waals surface area contributed by atoms with E-state index in [0.29, 0.717) is 5.78 Å². The molecule has 0 N–H and O–H groups in total. The summed E-state index contributed by atoms with van der Waals surface area (Å²) in [6, 6.07) is 6.70. The van der Waals surface area contributed by atoms with Crippen LogP contribution in [0.1, 0.15) is 55.2 Å². The highest BCUT2D eigenvalue weighted by Crippen LogP contribution is 2.45. The smallest absolute Gasteiger partial charge is 0.143 e. The number of carbonyl (C=O) groups is 1. The quantitative estimate of drug-likeness (QED) is 0.661. The third-order valence-corrected chi connectivity index (χ3v) is 4.64. The minimum Gasteiger partial charge on any atom is -0.299 e. The van der Waals surface area contributed by atoms with Gasteiger partial charge in [0.1, 0.15) is 5.78 Å². The van der Waals surface area contributed by atoms with Crippen LogP contribution in [0.3, 0.4) is 0 Å². The van der Waals surface area contributed by atoms with Gasteiger partial charge in [0.25, 0.3) is 0 Å². The number of benzene rings is 1. The molecule has 3 rings (SSSR count). The fourth-order valence-electron chi connectivity index (χ4n) is 3.69. The van der Waals surface area contributed by atoms with Crippen LogP contribution in [0.5, 0.6) is 0 Å². The van der Waals surface area contributed by atoms with E-state index in [4.69, 9.17) is 0 Å². The zero-order chi connectivity index (χ0) is 11.9. The van der Waals surface area contributed by atoms with Crippen molar-refractivity contribution in [2.24, 2.45) is 0 Å². The predicted octanol–water partition coefficient (Wildman–Crippen LogP) is 3.71. The largest absolute Gasteiger partial charge is 0.299 e.